The number of hydrogen-bond donors (Lipinski definition) is 0. The number of rotatable bonds is 5. The molecule has 2 heteroatoms. The monoisotopic (exact) mass is 132 g/mol. The molecule has 0 heterocycles. The van der Waals surface area contributed by atoms with Gasteiger partial charge in [-0.1, -0.05) is 13.3 Å². The maximum absolute atomic E-state index is 11.5. The van der Waals surface area contributed by atoms with Gasteiger partial charge in [-0.15, -0.1) is 0 Å². The highest BCUT2D eigenvalue weighted by Crippen LogP contribution is 1.97. The minimum Gasteiger partial charge on any atom is -0.300 e. The van der Waals surface area contributed by atoms with E-state index in [1.165, 1.54) is 0 Å². The van der Waals surface area contributed by atoms with Crippen LogP contribution in [0.15, 0.2) is 0 Å². The summed E-state index contributed by atoms with van der Waals surface area (Å²) in [5, 5.41) is 0. The molecule has 0 rings (SSSR count). The fraction of sp³-hybridized carbons (Fsp3) is 0.857. The zero-order valence-corrected chi connectivity index (χ0v) is 5.82. The predicted octanol–water partition coefficient (Wildman–Crippen LogP) is 2.11. The van der Waals surface area contributed by atoms with Gasteiger partial charge >= 0.3 is 0 Å². The molecule has 0 amide bonds. The van der Waals surface area contributed by atoms with Crippen LogP contribution in [0.2, 0.25) is 0 Å². The van der Waals surface area contributed by atoms with E-state index in [9.17, 15) is 9.18 Å². The molecule has 0 aliphatic rings. The SMILES string of the molecule is CCCCC(=O)CCF. The summed E-state index contributed by atoms with van der Waals surface area (Å²) in [5.74, 6) is 0.0550. The molecule has 0 aliphatic heterocycles. The van der Waals surface area contributed by atoms with Crippen LogP contribution in [-0.4, -0.2) is 12.5 Å². The second-order valence-corrected chi connectivity index (χ2v) is 2.08. The van der Waals surface area contributed by atoms with Gasteiger partial charge in [0.25, 0.3) is 0 Å². The Morgan fingerprint density at radius 1 is 1.44 bits per heavy atom. The fourth-order valence-corrected chi connectivity index (χ4v) is 0.604. The summed E-state index contributed by atoms with van der Waals surface area (Å²) in [6.07, 6.45) is 2.58. The van der Waals surface area contributed by atoms with Crippen molar-refractivity contribution in [1.29, 1.82) is 0 Å². The molecule has 0 aromatic heterocycles. The van der Waals surface area contributed by atoms with Crippen molar-refractivity contribution in [3.8, 4) is 0 Å². The average molecular weight is 132 g/mol. The molecule has 54 valence electrons. The van der Waals surface area contributed by atoms with Crippen molar-refractivity contribution in [2.24, 2.45) is 0 Å². The molecule has 0 saturated heterocycles. The van der Waals surface area contributed by atoms with Gasteiger partial charge in [0.05, 0.1) is 6.67 Å². The van der Waals surface area contributed by atoms with Gasteiger partial charge in [0.1, 0.15) is 5.78 Å². The van der Waals surface area contributed by atoms with Crippen LogP contribution >= 0.6 is 0 Å². The van der Waals surface area contributed by atoms with Crippen molar-refractivity contribution >= 4 is 5.78 Å². The van der Waals surface area contributed by atoms with Gasteiger partial charge in [-0.05, 0) is 6.42 Å². The first-order valence-electron chi connectivity index (χ1n) is 3.39. The first-order chi connectivity index (χ1) is 4.31. The van der Waals surface area contributed by atoms with E-state index < -0.39 is 6.67 Å². The van der Waals surface area contributed by atoms with Crippen LogP contribution in [0.1, 0.15) is 32.6 Å². The van der Waals surface area contributed by atoms with E-state index in [1.54, 1.807) is 0 Å². The Labute approximate surface area is 55.3 Å². The highest BCUT2D eigenvalue weighted by Gasteiger charge is 1.98. The smallest absolute Gasteiger partial charge is 0.135 e. The number of halogens is 1. The zero-order valence-electron chi connectivity index (χ0n) is 5.82. The second-order valence-electron chi connectivity index (χ2n) is 2.08. The lowest BCUT2D eigenvalue weighted by Gasteiger charge is -1.92. The Balaban J connectivity index is 3.06. The lowest BCUT2D eigenvalue weighted by Crippen LogP contribution is -1.97. The van der Waals surface area contributed by atoms with Crippen molar-refractivity contribution in [1.82, 2.24) is 0 Å². The molecule has 0 spiro atoms. The summed E-state index contributed by atoms with van der Waals surface area (Å²) in [7, 11) is 0. The molecule has 9 heavy (non-hydrogen) atoms. The Morgan fingerprint density at radius 3 is 2.56 bits per heavy atom. The number of alkyl halides is 1. The van der Waals surface area contributed by atoms with Gasteiger partial charge in [0.2, 0.25) is 0 Å². The van der Waals surface area contributed by atoms with Crippen LogP contribution < -0.4 is 0 Å². The van der Waals surface area contributed by atoms with Gasteiger partial charge in [-0.2, -0.15) is 0 Å². The summed E-state index contributed by atoms with van der Waals surface area (Å²) in [6.45, 7) is 1.52. The van der Waals surface area contributed by atoms with Crippen molar-refractivity contribution in [3.05, 3.63) is 0 Å². The third kappa shape index (κ3) is 5.47. The maximum Gasteiger partial charge on any atom is 0.135 e. The Hall–Kier alpha value is -0.400. The standard InChI is InChI=1S/C7H13FO/c1-2-3-4-7(9)5-6-8/h2-6H2,1H3. The number of carbonyl (C=O) groups excluding carboxylic acids is 1. The van der Waals surface area contributed by atoms with E-state index in [0.29, 0.717) is 6.42 Å². The van der Waals surface area contributed by atoms with E-state index in [1.807, 2.05) is 6.92 Å². The Morgan fingerprint density at radius 2 is 2.11 bits per heavy atom. The van der Waals surface area contributed by atoms with Crippen molar-refractivity contribution in [2.75, 3.05) is 6.67 Å². The highest BCUT2D eigenvalue weighted by molar-refractivity contribution is 5.78. The molecule has 0 unspecified atom stereocenters. The molecule has 0 atom stereocenters. The molecule has 0 N–H and O–H groups in total. The minimum atomic E-state index is -0.497. The normalized spacial score (nSPS) is 9.56. The van der Waals surface area contributed by atoms with Gasteiger partial charge in [0.15, 0.2) is 0 Å². The lowest BCUT2D eigenvalue weighted by atomic mass is 10.1. The predicted molar refractivity (Wildman–Crippen MR) is 35.1 cm³/mol. The molecule has 1 nitrogen and oxygen atoms in total. The molecule has 0 aromatic carbocycles. The average Bonchev–Trinajstić information content (AvgIpc) is 1.85. The van der Waals surface area contributed by atoms with Gasteiger partial charge in [0, 0.05) is 12.8 Å². The minimum absolute atomic E-state index is 0.0550. The molecular weight excluding hydrogens is 119 g/mol. The highest BCUT2D eigenvalue weighted by atomic mass is 19.1. The topological polar surface area (TPSA) is 17.1 Å². The van der Waals surface area contributed by atoms with Crippen LogP contribution in [0.5, 0.6) is 0 Å². The van der Waals surface area contributed by atoms with Crippen LogP contribution in [0.4, 0.5) is 4.39 Å². The van der Waals surface area contributed by atoms with E-state index in [2.05, 4.69) is 0 Å². The van der Waals surface area contributed by atoms with E-state index in [4.69, 9.17) is 0 Å². The van der Waals surface area contributed by atoms with Crippen LogP contribution in [0.3, 0.4) is 0 Å². The van der Waals surface area contributed by atoms with Crippen LogP contribution in [0, 0.1) is 0 Å². The van der Waals surface area contributed by atoms with E-state index >= 15 is 0 Å². The van der Waals surface area contributed by atoms with Crippen LogP contribution in [0.25, 0.3) is 0 Å². The third-order valence-electron chi connectivity index (χ3n) is 1.18. The van der Waals surface area contributed by atoms with Crippen LogP contribution in [-0.2, 0) is 4.79 Å². The summed E-state index contributed by atoms with van der Waals surface area (Å²) in [5.41, 5.74) is 0. The second kappa shape index (κ2) is 5.73. The van der Waals surface area contributed by atoms with Crippen molar-refractivity contribution in [2.45, 2.75) is 32.6 Å². The maximum atomic E-state index is 11.5. The summed E-state index contributed by atoms with van der Waals surface area (Å²) in [6, 6.07) is 0. The largest absolute Gasteiger partial charge is 0.300 e. The molecule has 0 saturated carbocycles. The molecule has 0 aliphatic carbocycles. The third-order valence-corrected chi connectivity index (χ3v) is 1.18. The Kier molecular flexibility index (Phi) is 5.48. The fourth-order valence-electron chi connectivity index (χ4n) is 0.604. The van der Waals surface area contributed by atoms with Crippen molar-refractivity contribution in [3.63, 3.8) is 0 Å². The summed E-state index contributed by atoms with van der Waals surface area (Å²) in [4.78, 5) is 10.6. The van der Waals surface area contributed by atoms with Gasteiger partial charge in [-0.3, -0.25) is 9.18 Å². The van der Waals surface area contributed by atoms with E-state index in [-0.39, 0.29) is 12.2 Å². The molecule has 0 bridgehead atoms. The molecule has 0 fully saturated rings. The molecular formula is C7H13FO. The number of unbranched alkanes of at least 4 members (excludes halogenated alkanes) is 1. The quantitative estimate of drug-likeness (QED) is 0.560. The Bertz CT molecular complexity index is 81.0. The molecule has 0 radical (unpaired) electrons. The van der Waals surface area contributed by atoms with Gasteiger partial charge in [-0.25, -0.2) is 0 Å². The lowest BCUT2D eigenvalue weighted by molar-refractivity contribution is -0.119. The molecule has 0 aromatic rings. The van der Waals surface area contributed by atoms with Gasteiger partial charge < -0.3 is 0 Å². The van der Waals surface area contributed by atoms with E-state index in [0.717, 1.165) is 12.8 Å². The number of hydrogen-bond acceptors (Lipinski definition) is 1. The number of carbonyl (C=O) groups is 1. The first-order valence-corrected chi connectivity index (χ1v) is 3.39. The number of Topliss-reactive ketones (excluding diaryl/α,β-unsaturated/α-hetero) is 1. The summed E-state index contributed by atoms with van der Waals surface area (Å²) >= 11 is 0. The zero-order chi connectivity index (χ0) is 7.11. The van der Waals surface area contributed by atoms with Crippen molar-refractivity contribution < 1.29 is 9.18 Å². The number of ketones is 1. The first kappa shape index (κ1) is 8.60. The summed E-state index contributed by atoms with van der Waals surface area (Å²) < 4.78 is 11.5.